The predicted molar refractivity (Wildman–Crippen MR) is 137 cm³/mol. The first-order chi connectivity index (χ1) is 17.5. The SMILES string of the molecule is CCCCCc1ccc(C(=O)N(CCOC)CC(=O)N(Cc2ccc(F)cc2)Cc2ccco2)cc1. The number of hydrogen-bond donors (Lipinski definition) is 0. The van der Waals surface area contributed by atoms with Gasteiger partial charge in [-0.05, 0) is 60.4 Å². The van der Waals surface area contributed by atoms with E-state index in [2.05, 4.69) is 6.92 Å². The van der Waals surface area contributed by atoms with Gasteiger partial charge in [0.2, 0.25) is 5.91 Å². The predicted octanol–water partition coefficient (Wildman–Crippen LogP) is 5.47. The molecule has 3 aromatic rings. The Morgan fingerprint density at radius 3 is 2.28 bits per heavy atom. The molecule has 0 atom stereocenters. The number of carbonyl (C=O) groups is 2. The number of benzene rings is 2. The Kier molecular flexibility index (Phi) is 10.7. The molecular formula is C29H35FN2O4. The number of unbranched alkanes of at least 4 members (excludes halogenated alkanes) is 2. The van der Waals surface area contributed by atoms with Crippen LogP contribution < -0.4 is 0 Å². The van der Waals surface area contributed by atoms with E-state index in [0.717, 1.165) is 24.8 Å². The highest BCUT2D eigenvalue weighted by molar-refractivity contribution is 5.96. The monoisotopic (exact) mass is 494 g/mol. The lowest BCUT2D eigenvalue weighted by atomic mass is 10.0. The first-order valence-corrected chi connectivity index (χ1v) is 12.4. The number of aryl methyl sites for hydroxylation is 1. The second-order valence-corrected chi connectivity index (χ2v) is 8.83. The van der Waals surface area contributed by atoms with E-state index in [0.29, 0.717) is 17.9 Å². The van der Waals surface area contributed by atoms with Gasteiger partial charge in [0.15, 0.2) is 0 Å². The molecule has 0 aliphatic carbocycles. The van der Waals surface area contributed by atoms with Crippen LogP contribution in [0.4, 0.5) is 4.39 Å². The average molecular weight is 495 g/mol. The minimum Gasteiger partial charge on any atom is -0.467 e. The van der Waals surface area contributed by atoms with Crippen LogP contribution in [0.3, 0.4) is 0 Å². The van der Waals surface area contributed by atoms with Crippen LogP contribution in [-0.4, -0.2) is 48.4 Å². The van der Waals surface area contributed by atoms with Gasteiger partial charge in [0.05, 0.1) is 19.4 Å². The highest BCUT2D eigenvalue weighted by atomic mass is 19.1. The smallest absolute Gasteiger partial charge is 0.254 e. The average Bonchev–Trinajstić information content (AvgIpc) is 3.41. The van der Waals surface area contributed by atoms with Crippen LogP contribution in [0.25, 0.3) is 0 Å². The van der Waals surface area contributed by atoms with Gasteiger partial charge in [0, 0.05) is 25.8 Å². The third-order valence-corrected chi connectivity index (χ3v) is 6.01. The standard InChI is InChI=1S/C29H35FN2O4/c1-3-4-5-7-23-9-13-25(14-10-23)29(34)31(17-19-35-2)22-28(33)32(21-27-8-6-18-36-27)20-24-11-15-26(30)16-12-24/h6,8-16,18H,3-5,7,17,19-22H2,1-2H3. The topological polar surface area (TPSA) is 63.0 Å². The molecule has 2 aromatic carbocycles. The van der Waals surface area contributed by atoms with Crippen LogP contribution in [-0.2, 0) is 29.0 Å². The number of hydrogen-bond acceptors (Lipinski definition) is 4. The van der Waals surface area contributed by atoms with Gasteiger partial charge in [0.1, 0.15) is 18.1 Å². The summed E-state index contributed by atoms with van der Waals surface area (Å²) in [6, 6.07) is 17.2. The lowest BCUT2D eigenvalue weighted by Gasteiger charge is -2.27. The molecule has 6 nitrogen and oxygen atoms in total. The van der Waals surface area contributed by atoms with Crippen LogP contribution in [0, 0.1) is 5.82 Å². The maximum absolute atomic E-state index is 13.4. The molecule has 36 heavy (non-hydrogen) atoms. The minimum atomic E-state index is -0.338. The van der Waals surface area contributed by atoms with Crippen molar-refractivity contribution >= 4 is 11.8 Å². The van der Waals surface area contributed by atoms with Crippen LogP contribution in [0.15, 0.2) is 71.3 Å². The summed E-state index contributed by atoms with van der Waals surface area (Å²) in [6.07, 6.45) is 6.00. The van der Waals surface area contributed by atoms with E-state index in [-0.39, 0.29) is 43.8 Å². The molecule has 0 saturated carbocycles. The molecule has 0 unspecified atom stereocenters. The van der Waals surface area contributed by atoms with Gasteiger partial charge >= 0.3 is 0 Å². The number of amides is 2. The van der Waals surface area contributed by atoms with E-state index in [1.54, 1.807) is 42.5 Å². The van der Waals surface area contributed by atoms with E-state index in [9.17, 15) is 14.0 Å². The van der Waals surface area contributed by atoms with E-state index >= 15 is 0 Å². The summed E-state index contributed by atoms with van der Waals surface area (Å²) in [5.74, 6) is -0.175. The zero-order valence-electron chi connectivity index (χ0n) is 21.1. The lowest BCUT2D eigenvalue weighted by Crippen LogP contribution is -2.43. The molecule has 1 heterocycles. The van der Waals surface area contributed by atoms with Gasteiger partial charge in [-0.25, -0.2) is 4.39 Å². The largest absolute Gasteiger partial charge is 0.467 e. The van der Waals surface area contributed by atoms with E-state index in [4.69, 9.17) is 9.15 Å². The molecule has 0 N–H and O–H groups in total. The summed E-state index contributed by atoms with van der Waals surface area (Å²) >= 11 is 0. The van der Waals surface area contributed by atoms with Gasteiger partial charge < -0.3 is 19.0 Å². The van der Waals surface area contributed by atoms with Crippen molar-refractivity contribution in [1.29, 1.82) is 0 Å². The number of furan rings is 1. The number of nitrogens with zero attached hydrogens (tertiary/aromatic N) is 2. The minimum absolute atomic E-state index is 0.109. The molecule has 192 valence electrons. The van der Waals surface area contributed by atoms with Gasteiger partial charge in [-0.15, -0.1) is 0 Å². The zero-order valence-corrected chi connectivity index (χ0v) is 21.1. The van der Waals surface area contributed by atoms with Gasteiger partial charge in [-0.1, -0.05) is 44.0 Å². The second-order valence-electron chi connectivity index (χ2n) is 8.83. The van der Waals surface area contributed by atoms with Crippen LogP contribution in [0.1, 0.15) is 53.4 Å². The highest BCUT2D eigenvalue weighted by Crippen LogP contribution is 2.15. The molecule has 0 bridgehead atoms. The van der Waals surface area contributed by atoms with Crippen molar-refractivity contribution in [2.45, 2.75) is 45.7 Å². The van der Waals surface area contributed by atoms with Crippen LogP contribution >= 0.6 is 0 Å². The van der Waals surface area contributed by atoms with Crippen LogP contribution in [0.2, 0.25) is 0 Å². The molecule has 0 aliphatic heterocycles. The summed E-state index contributed by atoms with van der Waals surface area (Å²) < 4.78 is 24.0. The molecule has 0 aliphatic rings. The summed E-state index contributed by atoms with van der Waals surface area (Å²) in [5, 5.41) is 0. The van der Waals surface area contributed by atoms with Crippen LogP contribution in [0.5, 0.6) is 0 Å². The molecule has 0 fully saturated rings. The van der Waals surface area contributed by atoms with E-state index in [1.165, 1.54) is 29.0 Å². The molecule has 0 saturated heterocycles. The third kappa shape index (κ3) is 8.34. The molecule has 0 radical (unpaired) electrons. The Hall–Kier alpha value is -3.45. The van der Waals surface area contributed by atoms with E-state index < -0.39 is 0 Å². The van der Waals surface area contributed by atoms with Crippen molar-refractivity contribution < 1.29 is 23.1 Å². The normalized spacial score (nSPS) is 10.9. The Labute approximate surface area is 212 Å². The number of methoxy groups -OCH3 is 1. The maximum Gasteiger partial charge on any atom is 0.254 e. The Morgan fingerprint density at radius 2 is 1.64 bits per heavy atom. The van der Waals surface area contributed by atoms with E-state index in [1.807, 2.05) is 24.3 Å². The molecule has 1 aromatic heterocycles. The fourth-order valence-electron chi connectivity index (χ4n) is 3.93. The number of halogens is 1. The first kappa shape index (κ1) is 27.1. The molecule has 0 spiro atoms. The summed E-state index contributed by atoms with van der Waals surface area (Å²) in [5.41, 5.74) is 2.52. The fourth-order valence-corrected chi connectivity index (χ4v) is 3.93. The van der Waals surface area contributed by atoms with Crippen molar-refractivity contribution in [1.82, 2.24) is 9.80 Å². The summed E-state index contributed by atoms with van der Waals surface area (Å²) in [4.78, 5) is 29.9. The number of ether oxygens (including phenoxy) is 1. The molecule has 7 heteroatoms. The Morgan fingerprint density at radius 1 is 0.917 bits per heavy atom. The van der Waals surface area contributed by atoms with Gasteiger partial charge in [-0.3, -0.25) is 9.59 Å². The quantitative estimate of drug-likeness (QED) is 0.279. The lowest BCUT2D eigenvalue weighted by molar-refractivity contribution is -0.133. The summed E-state index contributed by atoms with van der Waals surface area (Å²) in [6.45, 7) is 3.16. The third-order valence-electron chi connectivity index (χ3n) is 6.01. The molecule has 2 amide bonds. The Balaban J connectivity index is 1.73. The zero-order chi connectivity index (χ0) is 25.8. The Bertz CT molecular complexity index is 1070. The van der Waals surface area contributed by atoms with Crippen molar-refractivity contribution in [3.63, 3.8) is 0 Å². The number of rotatable bonds is 14. The fraction of sp³-hybridized carbons (Fsp3) is 0.379. The van der Waals surface area contributed by atoms with Crippen molar-refractivity contribution in [2.24, 2.45) is 0 Å². The highest BCUT2D eigenvalue weighted by Gasteiger charge is 2.23. The number of carbonyl (C=O) groups excluding carboxylic acids is 2. The van der Waals surface area contributed by atoms with Gasteiger partial charge in [0.25, 0.3) is 5.91 Å². The van der Waals surface area contributed by atoms with Crippen molar-refractivity contribution in [2.75, 3.05) is 26.8 Å². The second kappa shape index (κ2) is 14.2. The van der Waals surface area contributed by atoms with Gasteiger partial charge in [-0.2, -0.15) is 0 Å². The molecular weight excluding hydrogens is 459 g/mol. The van der Waals surface area contributed by atoms with Crippen molar-refractivity contribution in [3.05, 3.63) is 95.2 Å². The molecule has 3 rings (SSSR count). The summed E-state index contributed by atoms with van der Waals surface area (Å²) in [7, 11) is 1.56. The maximum atomic E-state index is 13.4. The van der Waals surface area contributed by atoms with Crippen molar-refractivity contribution in [3.8, 4) is 0 Å². The first-order valence-electron chi connectivity index (χ1n) is 12.4.